The van der Waals surface area contributed by atoms with Crippen molar-refractivity contribution in [1.82, 2.24) is 20.3 Å². The van der Waals surface area contributed by atoms with Gasteiger partial charge < -0.3 is 27.4 Å². The summed E-state index contributed by atoms with van der Waals surface area (Å²) in [7, 11) is -3.82. The van der Waals surface area contributed by atoms with Crippen molar-refractivity contribution in [2.75, 3.05) is 35.6 Å². The molecule has 16 nitrogen and oxygen atoms in total. The molecule has 2 heterocycles. The molecule has 1 aromatic heterocycles. The van der Waals surface area contributed by atoms with Crippen molar-refractivity contribution in [2.45, 2.75) is 36.6 Å². The maximum absolute atomic E-state index is 14.2. The maximum Gasteiger partial charge on any atom is 0.321 e. The number of rotatable bonds is 18. The van der Waals surface area contributed by atoms with Crippen LogP contribution in [-0.4, -0.2) is 80.8 Å². The van der Waals surface area contributed by atoms with Gasteiger partial charge in [-0.1, -0.05) is 72.8 Å². The van der Waals surface area contributed by atoms with Crippen molar-refractivity contribution in [3.05, 3.63) is 136 Å². The minimum Gasteiger partial charge on any atom is -0.370 e. The predicted octanol–water partition coefficient (Wildman–Crippen LogP) is 4.68. The van der Waals surface area contributed by atoms with E-state index in [1.807, 2.05) is 66.9 Å². The lowest BCUT2D eigenvalue weighted by Crippen LogP contribution is -2.51. The zero-order chi connectivity index (χ0) is 43.2. The first kappa shape index (κ1) is 44.0. The number of hydrogen-bond acceptors (Lipinski definition) is 11. The molecule has 1 aliphatic rings. The number of thioether (sulfide) groups is 1. The molecule has 0 aliphatic carbocycles. The molecule has 61 heavy (non-hydrogen) atoms. The van der Waals surface area contributed by atoms with Gasteiger partial charge in [-0.3, -0.25) is 24.2 Å². The van der Waals surface area contributed by atoms with Gasteiger partial charge in [0, 0.05) is 46.8 Å². The number of fused-ring (bicyclic) bond motifs is 1. The van der Waals surface area contributed by atoms with Gasteiger partial charge in [-0.15, -0.1) is 11.3 Å². The van der Waals surface area contributed by atoms with Crippen LogP contribution in [0.5, 0.6) is 0 Å². The fourth-order valence-corrected chi connectivity index (χ4v) is 8.53. The summed E-state index contributed by atoms with van der Waals surface area (Å²) in [4.78, 5) is 59.4. The Morgan fingerprint density at radius 3 is 2.52 bits per heavy atom. The quantitative estimate of drug-likeness (QED) is 0.0407. The molecule has 5 aromatic rings. The van der Waals surface area contributed by atoms with Crippen LogP contribution in [-0.2, 0) is 31.8 Å². The number of thiazole rings is 1. The van der Waals surface area contributed by atoms with Crippen LogP contribution in [0.3, 0.4) is 0 Å². The summed E-state index contributed by atoms with van der Waals surface area (Å²) in [6.45, 7) is 2.29. The zero-order valence-corrected chi connectivity index (χ0v) is 35.6. The second-order valence-electron chi connectivity index (χ2n) is 13.6. The summed E-state index contributed by atoms with van der Waals surface area (Å²) in [6.07, 6.45) is 0.952. The summed E-state index contributed by atoms with van der Waals surface area (Å²) in [6, 6.07) is 29.6. The highest BCUT2D eigenvalue weighted by Crippen LogP contribution is 2.28. The van der Waals surface area contributed by atoms with Gasteiger partial charge >= 0.3 is 6.03 Å². The number of para-hydroxylation sites is 1. The predicted molar refractivity (Wildman–Crippen MR) is 243 cm³/mol. The maximum atomic E-state index is 14.2. The molecule has 4 aromatic carbocycles. The van der Waals surface area contributed by atoms with Crippen molar-refractivity contribution >= 4 is 85.5 Å². The summed E-state index contributed by atoms with van der Waals surface area (Å²) < 4.78 is 28.0. The molecule has 8 N–H and O–H groups in total. The SMILES string of the molecule is Cc1cccc(NC(=O)NC2N=C(c3ccccc3)c3ccccc3N(CC(=O)NCCCc3ccc(S(=O)(=O)NC=NCCSCc4csc(N=C(N)N)n4)cc3)C2=O)c1. The van der Waals surface area contributed by atoms with Gasteiger partial charge in [0.05, 0.1) is 28.3 Å². The minimum absolute atomic E-state index is 0.0458. The van der Waals surface area contributed by atoms with Crippen molar-refractivity contribution in [3.8, 4) is 0 Å². The second kappa shape index (κ2) is 21.1. The van der Waals surface area contributed by atoms with Gasteiger partial charge in [-0.25, -0.2) is 23.2 Å². The highest BCUT2D eigenvalue weighted by Gasteiger charge is 2.34. The van der Waals surface area contributed by atoms with Crippen LogP contribution >= 0.6 is 23.1 Å². The number of sulfonamides is 1. The summed E-state index contributed by atoms with van der Waals surface area (Å²) in [5, 5.41) is 10.7. The number of aryl methyl sites for hydroxylation is 2. The molecule has 1 atom stereocenters. The summed E-state index contributed by atoms with van der Waals surface area (Å²) in [5.74, 6) is 0.278. The Bertz CT molecular complexity index is 2520. The molecule has 0 radical (unpaired) electrons. The average Bonchev–Trinajstić information content (AvgIpc) is 3.65. The number of benzene rings is 4. The van der Waals surface area contributed by atoms with Crippen molar-refractivity contribution < 1.29 is 22.8 Å². The Labute approximate surface area is 362 Å². The smallest absolute Gasteiger partial charge is 0.321 e. The molecule has 316 valence electrons. The first-order chi connectivity index (χ1) is 29.4. The normalized spacial score (nSPS) is 13.8. The highest BCUT2D eigenvalue weighted by molar-refractivity contribution is 7.98. The number of urea groups is 1. The lowest BCUT2D eigenvalue weighted by atomic mass is 10.0. The van der Waals surface area contributed by atoms with Crippen LogP contribution in [0, 0.1) is 6.92 Å². The van der Waals surface area contributed by atoms with E-state index in [-0.39, 0.29) is 17.4 Å². The third-order valence-electron chi connectivity index (χ3n) is 8.98. The number of benzodiazepines with no additional fused rings is 1. The Morgan fingerprint density at radius 2 is 1.75 bits per heavy atom. The van der Waals surface area contributed by atoms with E-state index in [9.17, 15) is 22.8 Å². The number of guanidine groups is 1. The van der Waals surface area contributed by atoms with Crippen molar-refractivity contribution in [1.29, 1.82) is 0 Å². The number of aromatic nitrogens is 1. The first-order valence-electron chi connectivity index (χ1n) is 19.1. The zero-order valence-electron chi connectivity index (χ0n) is 33.2. The van der Waals surface area contributed by atoms with E-state index in [4.69, 9.17) is 16.5 Å². The van der Waals surface area contributed by atoms with E-state index in [1.165, 1.54) is 34.7 Å². The Hall–Kier alpha value is -6.57. The molecule has 4 amide bonds. The van der Waals surface area contributed by atoms with Crippen LogP contribution < -0.4 is 37.0 Å². The number of hydrogen-bond donors (Lipinski definition) is 6. The van der Waals surface area contributed by atoms with Crippen LogP contribution in [0.25, 0.3) is 0 Å². The summed E-state index contributed by atoms with van der Waals surface area (Å²) >= 11 is 2.94. The minimum atomic E-state index is -3.82. The molecule has 1 unspecified atom stereocenters. The Morgan fingerprint density at radius 1 is 0.984 bits per heavy atom. The molecule has 0 saturated heterocycles. The summed E-state index contributed by atoms with van der Waals surface area (Å²) in [5.41, 5.74) is 16.3. The monoisotopic (exact) mass is 879 g/mol. The number of amides is 4. The fraction of sp³-hybridized carbons (Fsp3) is 0.214. The van der Waals surface area contributed by atoms with Gasteiger partial charge in [0.25, 0.3) is 15.9 Å². The largest absolute Gasteiger partial charge is 0.370 e. The molecular formula is C42H45N11O5S3. The standard InChI is InChI=1S/C42H45N11O5S3/c1-28-9-7-13-31(23-28)48-41(56)51-38-39(55)53(35-15-6-5-14-34(35)37(50-38)30-11-3-2-4-12-30)24-36(54)46-20-8-10-29-16-18-33(19-17-29)61(57,58)47-27-45-21-22-59-25-32-26-60-42(49-32)52-40(43)44/h2-7,9,11-19,23,26-27,38H,8,10,20-22,24-25H2,1H3,(H,45,47)(H,46,54)(H2,48,51,56)(H4,43,44,49,52). The lowest BCUT2D eigenvalue weighted by molar-refractivity contribution is -0.124. The van der Waals surface area contributed by atoms with Gasteiger partial charge in [0.15, 0.2) is 5.96 Å². The van der Waals surface area contributed by atoms with Gasteiger partial charge in [-0.2, -0.15) is 16.8 Å². The molecule has 1 aliphatic heterocycles. The number of carbonyl (C=O) groups excluding carboxylic acids is 3. The van der Waals surface area contributed by atoms with Gasteiger partial charge in [-0.05, 0) is 61.2 Å². The molecular weight excluding hydrogens is 835 g/mol. The van der Waals surface area contributed by atoms with E-state index >= 15 is 0 Å². The van der Waals surface area contributed by atoms with Gasteiger partial charge in [0.1, 0.15) is 6.54 Å². The lowest BCUT2D eigenvalue weighted by Gasteiger charge is -2.25. The molecule has 0 fully saturated rings. The molecule has 0 spiro atoms. The van der Waals surface area contributed by atoms with Crippen LogP contribution in [0.15, 0.2) is 128 Å². The number of nitrogens with two attached hydrogens (primary N) is 2. The number of nitrogens with zero attached hydrogens (tertiary/aromatic N) is 5. The number of carbonyl (C=O) groups is 3. The molecule has 0 saturated carbocycles. The van der Waals surface area contributed by atoms with E-state index in [0.717, 1.165) is 22.4 Å². The number of aliphatic imine (C=N–C) groups is 3. The average molecular weight is 880 g/mol. The Balaban J connectivity index is 0.998. The third-order valence-corrected chi connectivity index (χ3v) is 12.0. The van der Waals surface area contributed by atoms with Crippen molar-refractivity contribution in [3.63, 3.8) is 0 Å². The van der Waals surface area contributed by atoms with E-state index in [0.29, 0.717) is 65.2 Å². The van der Waals surface area contributed by atoms with E-state index in [1.54, 1.807) is 48.2 Å². The van der Waals surface area contributed by atoms with E-state index in [2.05, 4.69) is 35.6 Å². The number of nitrogens with one attached hydrogen (secondary N) is 4. The number of anilines is 2. The first-order valence-corrected chi connectivity index (χ1v) is 22.6. The third kappa shape index (κ3) is 12.7. The van der Waals surface area contributed by atoms with Crippen molar-refractivity contribution in [2.24, 2.45) is 26.4 Å². The molecule has 6 rings (SSSR count). The van der Waals surface area contributed by atoms with E-state index < -0.39 is 34.0 Å². The van der Waals surface area contributed by atoms with Gasteiger partial charge in [0.2, 0.25) is 17.2 Å². The van der Waals surface area contributed by atoms with Crippen LogP contribution in [0.2, 0.25) is 0 Å². The van der Waals surface area contributed by atoms with Crippen LogP contribution in [0.4, 0.5) is 21.3 Å². The van der Waals surface area contributed by atoms with Crippen LogP contribution in [0.1, 0.15) is 34.4 Å². The highest BCUT2D eigenvalue weighted by atomic mass is 32.2. The fourth-order valence-electron chi connectivity index (χ4n) is 6.14. The molecule has 19 heteroatoms. The topological polar surface area (TPSA) is 239 Å². The Kier molecular flexibility index (Phi) is 15.2. The second-order valence-corrected chi connectivity index (χ2v) is 17.3. The molecule has 0 bridgehead atoms.